The van der Waals surface area contributed by atoms with Crippen LogP contribution in [0.3, 0.4) is 0 Å². The van der Waals surface area contributed by atoms with Gasteiger partial charge in [0.25, 0.3) is 0 Å². The van der Waals surface area contributed by atoms with Gasteiger partial charge in [0.15, 0.2) is 0 Å². The standard InChI is InChI=1S/C14H21IN2O5/c1-4-22-14(19)11-7-10(13(18)20-3)9(2)17(15)12(11)8-21-6-5-16/h7,12H,4-6,8,16H2,1-3H3. The molecule has 1 unspecified atom stereocenters. The van der Waals surface area contributed by atoms with Crippen LogP contribution in [0.25, 0.3) is 0 Å². The van der Waals surface area contributed by atoms with Crippen molar-refractivity contribution < 1.29 is 23.8 Å². The summed E-state index contributed by atoms with van der Waals surface area (Å²) in [4.78, 5) is 24.0. The molecule has 0 aromatic heterocycles. The lowest BCUT2D eigenvalue weighted by molar-refractivity contribution is -0.139. The number of hydrogen-bond acceptors (Lipinski definition) is 7. The molecule has 2 N–H and O–H groups in total. The molecule has 1 aliphatic heterocycles. The Morgan fingerprint density at radius 3 is 2.64 bits per heavy atom. The number of rotatable bonds is 7. The molecule has 22 heavy (non-hydrogen) atoms. The third-order valence-electron chi connectivity index (χ3n) is 3.10. The molecular weight excluding hydrogens is 403 g/mol. The van der Waals surface area contributed by atoms with Crippen LogP contribution in [0, 0.1) is 0 Å². The minimum atomic E-state index is -0.498. The lowest BCUT2D eigenvalue weighted by atomic mass is 9.98. The van der Waals surface area contributed by atoms with E-state index in [9.17, 15) is 9.59 Å². The third kappa shape index (κ3) is 4.43. The zero-order chi connectivity index (χ0) is 16.7. The van der Waals surface area contributed by atoms with Gasteiger partial charge < -0.3 is 23.1 Å². The average Bonchev–Trinajstić information content (AvgIpc) is 2.51. The van der Waals surface area contributed by atoms with Gasteiger partial charge in [-0.15, -0.1) is 0 Å². The van der Waals surface area contributed by atoms with Crippen molar-refractivity contribution >= 4 is 34.8 Å². The van der Waals surface area contributed by atoms with Crippen LogP contribution in [-0.2, 0) is 23.8 Å². The number of hydrogen-bond donors (Lipinski definition) is 1. The van der Waals surface area contributed by atoms with Gasteiger partial charge in [-0.25, -0.2) is 9.59 Å². The van der Waals surface area contributed by atoms with Gasteiger partial charge in [0.1, 0.15) is 0 Å². The topological polar surface area (TPSA) is 91.1 Å². The summed E-state index contributed by atoms with van der Waals surface area (Å²) in [6.07, 6.45) is 1.52. The number of nitrogens with two attached hydrogens (primary N) is 1. The second-order valence-electron chi connectivity index (χ2n) is 4.50. The normalized spacial score (nSPS) is 18.1. The zero-order valence-corrected chi connectivity index (χ0v) is 15.1. The highest BCUT2D eigenvalue weighted by Crippen LogP contribution is 2.31. The predicted octanol–water partition coefficient (Wildman–Crippen LogP) is 0.932. The summed E-state index contributed by atoms with van der Waals surface area (Å²) in [5.74, 6) is -0.971. The molecule has 1 rings (SSSR count). The van der Waals surface area contributed by atoms with E-state index >= 15 is 0 Å². The summed E-state index contributed by atoms with van der Waals surface area (Å²) in [7, 11) is 1.30. The molecule has 0 aromatic rings. The number of carbonyl (C=O) groups is 2. The Labute approximate surface area is 143 Å². The second kappa shape index (κ2) is 9.11. The van der Waals surface area contributed by atoms with E-state index < -0.39 is 11.9 Å². The Balaban J connectivity index is 3.12. The molecule has 1 aliphatic rings. The number of carbonyl (C=O) groups excluding carboxylic acids is 2. The molecular formula is C14H21IN2O5. The van der Waals surface area contributed by atoms with E-state index in [1.165, 1.54) is 13.2 Å². The fourth-order valence-electron chi connectivity index (χ4n) is 1.99. The Bertz CT molecular complexity index is 490. The van der Waals surface area contributed by atoms with Crippen LogP contribution in [0.5, 0.6) is 0 Å². The molecule has 7 nitrogen and oxygen atoms in total. The highest BCUT2D eigenvalue weighted by Gasteiger charge is 2.34. The maximum Gasteiger partial charge on any atom is 0.339 e. The second-order valence-corrected chi connectivity index (χ2v) is 5.54. The summed E-state index contributed by atoms with van der Waals surface area (Å²) in [6.45, 7) is 4.83. The predicted molar refractivity (Wildman–Crippen MR) is 89.0 cm³/mol. The van der Waals surface area contributed by atoms with Crippen molar-refractivity contribution in [3.63, 3.8) is 0 Å². The maximum atomic E-state index is 12.2. The molecule has 124 valence electrons. The van der Waals surface area contributed by atoms with E-state index in [-0.39, 0.29) is 19.3 Å². The smallest absolute Gasteiger partial charge is 0.339 e. The van der Waals surface area contributed by atoms with Gasteiger partial charge in [-0.05, 0) is 19.9 Å². The van der Waals surface area contributed by atoms with Crippen molar-refractivity contribution in [2.75, 3.05) is 33.5 Å². The van der Waals surface area contributed by atoms with E-state index in [0.717, 1.165) is 0 Å². The van der Waals surface area contributed by atoms with Crippen LogP contribution < -0.4 is 5.73 Å². The first-order valence-electron chi connectivity index (χ1n) is 6.88. The van der Waals surface area contributed by atoms with Crippen molar-refractivity contribution in [2.45, 2.75) is 19.9 Å². The first-order chi connectivity index (χ1) is 10.5. The van der Waals surface area contributed by atoms with Gasteiger partial charge in [-0.1, -0.05) is 0 Å². The average molecular weight is 424 g/mol. The van der Waals surface area contributed by atoms with Gasteiger partial charge in [0, 0.05) is 12.2 Å². The Morgan fingerprint density at radius 1 is 1.41 bits per heavy atom. The molecule has 8 heteroatoms. The first-order valence-corrected chi connectivity index (χ1v) is 7.85. The van der Waals surface area contributed by atoms with Crippen LogP contribution in [0.15, 0.2) is 22.9 Å². The number of ether oxygens (including phenoxy) is 3. The van der Waals surface area contributed by atoms with Gasteiger partial charge in [0.05, 0.1) is 67.0 Å². The van der Waals surface area contributed by atoms with E-state index in [1.54, 1.807) is 17.0 Å². The van der Waals surface area contributed by atoms with Gasteiger partial charge in [-0.2, -0.15) is 0 Å². The Morgan fingerprint density at radius 2 is 2.09 bits per heavy atom. The van der Waals surface area contributed by atoms with Gasteiger partial charge in [-0.3, -0.25) is 0 Å². The minimum Gasteiger partial charge on any atom is -0.465 e. The van der Waals surface area contributed by atoms with Crippen LogP contribution in [-0.4, -0.2) is 54.6 Å². The fraction of sp³-hybridized carbons (Fsp3) is 0.571. The largest absolute Gasteiger partial charge is 0.465 e. The molecule has 0 aliphatic carbocycles. The van der Waals surface area contributed by atoms with Crippen molar-refractivity contribution in [3.8, 4) is 0 Å². The van der Waals surface area contributed by atoms with Crippen LogP contribution in [0.2, 0.25) is 0 Å². The summed E-state index contributed by atoms with van der Waals surface area (Å²) in [6, 6.07) is -0.348. The third-order valence-corrected chi connectivity index (χ3v) is 4.49. The molecule has 0 bridgehead atoms. The molecule has 0 amide bonds. The van der Waals surface area contributed by atoms with Gasteiger partial charge >= 0.3 is 11.9 Å². The summed E-state index contributed by atoms with van der Waals surface area (Å²) >= 11 is 2.05. The van der Waals surface area contributed by atoms with Crippen molar-refractivity contribution in [3.05, 3.63) is 22.9 Å². The molecule has 0 saturated heterocycles. The van der Waals surface area contributed by atoms with Crippen LogP contribution in [0.4, 0.5) is 0 Å². The number of methoxy groups -OCH3 is 1. The van der Waals surface area contributed by atoms with E-state index in [2.05, 4.69) is 0 Å². The van der Waals surface area contributed by atoms with Crippen LogP contribution >= 0.6 is 22.9 Å². The molecule has 0 fully saturated rings. The minimum absolute atomic E-state index is 0.254. The van der Waals surface area contributed by atoms with Crippen LogP contribution in [0.1, 0.15) is 13.8 Å². The molecule has 1 atom stereocenters. The fourth-order valence-corrected chi connectivity index (χ4v) is 2.71. The number of halogens is 1. The summed E-state index contributed by atoms with van der Waals surface area (Å²) < 4.78 is 17.1. The Kier molecular flexibility index (Phi) is 7.83. The zero-order valence-electron chi connectivity index (χ0n) is 12.9. The summed E-state index contributed by atoms with van der Waals surface area (Å²) in [5.41, 5.74) is 6.80. The number of nitrogens with zero attached hydrogens (tertiary/aromatic N) is 1. The molecule has 0 spiro atoms. The molecule has 0 aromatic carbocycles. The molecule has 1 heterocycles. The van der Waals surface area contributed by atoms with Crippen molar-refractivity contribution in [1.29, 1.82) is 0 Å². The first kappa shape index (κ1) is 18.9. The van der Waals surface area contributed by atoms with E-state index in [4.69, 9.17) is 19.9 Å². The Hall–Kier alpha value is -1.13. The SMILES string of the molecule is CCOC(=O)C1=CC(C(=O)OC)=C(C)N(I)C1COCCN. The van der Waals surface area contributed by atoms with E-state index in [0.29, 0.717) is 30.0 Å². The lowest BCUT2D eigenvalue weighted by Crippen LogP contribution is -2.39. The van der Waals surface area contributed by atoms with Crippen molar-refractivity contribution in [2.24, 2.45) is 5.73 Å². The van der Waals surface area contributed by atoms with Gasteiger partial charge in [0.2, 0.25) is 0 Å². The van der Waals surface area contributed by atoms with E-state index in [1.807, 2.05) is 22.9 Å². The molecule has 0 radical (unpaired) electrons. The highest BCUT2D eigenvalue weighted by atomic mass is 127. The molecule has 0 saturated carbocycles. The summed E-state index contributed by atoms with van der Waals surface area (Å²) in [5, 5.41) is 0. The maximum absolute atomic E-state index is 12.2. The highest BCUT2D eigenvalue weighted by molar-refractivity contribution is 14.1. The number of esters is 2. The quantitative estimate of drug-likeness (QED) is 0.282. The number of allylic oxidation sites excluding steroid dienone is 1. The monoisotopic (exact) mass is 424 g/mol. The lowest BCUT2D eigenvalue weighted by Gasteiger charge is -2.33. The van der Waals surface area contributed by atoms with Crippen molar-refractivity contribution in [1.82, 2.24) is 3.11 Å².